The summed E-state index contributed by atoms with van der Waals surface area (Å²) >= 11 is 9.35. The average molecular weight is 312 g/mol. The zero-order valence-electron chi connectivity index (χ0n) is 9.41. The molecule has 2 aromatic rings. The topological polar surface area (TPSA) is 9.23 Å². The van der Waals surface area contributed by atoms with Crippen LogP contribution < -0.4 is 4.74 Å². The summed E-state index contributed by atoms with van der Waals surface area (Å²) < 4.78 is 6.81. The maximum atomic E-state index is 5.92. The van der Waals surface area contributed by atoms with E-state index in [0.29, 0.717) is 6.61 Å². The Morgan fingerprint density at radius 3 is 2.71 bits per heavy atom. The lowest BCUT2D eigenvalue weighted by molar-refractivity contribution is 0.304. The van der Waals surface area contributed by atoms with Gasteiger partial charge in [-0.2, -0.15) is 0 Å². The fraction of sp³-hybridized carbons (Fsp3) is 0.143. The molecule has 0 spiro atoms. The normalized spacial score (nSPS) is 10.3. The molecule has 0 aliphatic heterocycles. The minimum Gasteiger partial charge on any atom is -0.489 e. The third-order valence-corrected chi connectivity index (χ3v) is 3.15. The summed E-state index contributed by atoms with van der Waals surface area (Å²) in [5.41, 5.74) is 2.18. The van der Waals surface area contributed by atoms with Crippen LogP contribution in [0.1, 0.15) is 11.1 Å². The number of rotatable bonds is 3. The first kappa shape index (κ1) is 12.5. The number of hydrogen-bond acceptors (Lipinski definition) is 1. The van der Waals surface area contributed by atoms with E-state index in [1.165, 1.54) is 0 Å². The average Bonchev–Trinajstić information content (AvgIpc) is 2.28. The molecule has 1 nitrogen and oxygen atoms in total. The molecule has 0 radical (unpaired) electrons. The highest BCUT2D eigenvalue weighted by Gasteiger charge is 2.01. The van der Waals surface area contributed by atoms with E-state index < -0.39 is 0 Å². The molecule has 0 fully saturated rings. The number of hydrogen-bond donors (Lipinski definition) is 0. The molecule has 2 rings (SSSR count). The van der Waals surface area contributed by atoms with Crippen LogP contribution in [0.15, 0.2) is 46.9 Å². The van der Waals surface area contributed by atoms with E-state index in [1.54, 1.807) is 0 Å². The van der Waals surface area contributed by atoms with Gasteiger partial charge in [-0.3, -0.25) is 0 Å². The molecule has 0 bridgehead atoms. The molecule has 0 unspecified atom stereocenters. The fourth-order valence-electron chi connectivity index (χ4n) is 1.56. The van der Waals surface area contributed by atoms with Gasteiger partial charge in [0, 0.05) is 9.50 Å². The summed E-state index contributed by atoms with van der Waals surface area (Å²) in [7, 11) is 0. The smallest absolute Gasteiger partial charge is 0.122 e. The van der Waals surface area contributed by atoms with Crippen molar-refractivity contribution >= 4 is 27.5 Å². The van der Waals surface area contributed by atoms with Gasteiger partial charge in [0.15, 0.2) is 0 Å². The number of ether oxygens (including phenoxy) is 1. The first-order valence-electron chi connectivity index (χ1n) is 5.28. The summed E-state index contributed by atoms with van der Waals surface area (Å²) in [5, 5.41) is 0.735. The molecule has 2 aromatic carbocycles. The van der Waals surface area contributed by atoms with Crippen molar-refractivity contribution in [3.63, 3.8) is 0 Å². The maximum Gasteiger partial charge on any atom is 0.122 e. The van der Waals surface area contributed by atoms with Crippen LogP contribution in [-0.4, -0.2) is 0 Å². The van der Waals surface area contributed by atoms with Crippen LogP contribution >= 0.6 is 27.5 Å². The quantitative estimate of drug-likeness (QED) is 0.776. The van der Waals surface area contributed by atoms with E-state index in [0.717, 1.165) is 26.4 Å². The molecule has 0 aliphatic rings. The third kappa shape index (κ3) is 3.48. The van der Waals surface area contributed by atoms with Gasteiger partial charge in [-0.05, 0) is 48.4 Å². The SMILES string of the molecule is Cc1cc(Br)ccc1OCc1cccc(Cl)c1. The summed E-state index contributed by atoms with van der Waals surface area (Å²) in [4.78, 5) is 0. The van der Waals surface area contributed by atoms with Gasteiger partial charge >= 0.3 is 0 Å². The molecule has 0 aromatic heterocycles. The van der Waals surface area contributed by atoms with E-state index in [-0.39, 0.29) is 0 Å². The predicted molar refractivity (Wildman–Crippen MR) is 74.7 cm³/mol. The van der Waals surface area contributed by atoms with E-state index >= 15 is 0 Å². The van der Waals surface area contributed by atoms with Gasteiger partial charge in [0.05, 0.1) is 0 Å². The summed E-state index contributed by atoms with van der Waals surface area (Å²) in [6.45, 7) is 2.56. The van der Waals surface area contributed by atoms with Crippen molar-refractivity contribution in [2.24, 2.45) is 0 Å². The zero-order valence-corrected chi connectivity index (χ0v) is 11.8. The maximum absolute atomic E-state index is 5.92. The Balaban J connectivity index is 2.07. The lowest BCUT2D eigenvalue weighted by atomic mass is 10.2. The van der Waals surface area contributed by atoms with Crippen molar-refractivity contribution in [1.82, 2.24) is 0 Å². The van der Waals surface area contributed by atoms with Crippen LogP contribution in [0.4, 0.5) is 0 Å². The highest BCUT2D eigenvalue weighted by atomic mass is 79.9. The van der Waals surface area contributed by atoms with Crippen molar-refractivity contribution in [3.05, 3.63) is 63.1 Å². The van der Waals surface area contributed by atoms with Gasteiger partial charge in [0.2, 0.25) is 0 Å². The van der Waals surface area contributed by atoms with E-state index in [1.807, 2.05) is 49.4 Å². The Labute approximate surface area is 115 Å². The molecule has 0 N–H and O–H groups in total. The monoisotopic (exact) mass is 310 g/mol. The highest BCUT2D eigenvalue weighted by Crippen LogP contribution is 2.23. The summed E-state index contributed by atoms with van der Waals surface area (Å²) in [6.07, 6.45) is 0. The molecule has 3 heteroatoms. The van der Waals surface area contributed by atoms with Gasteiger partial charge in [-0.15, -0.1) is 0 Å². The van der Waals surface area contributed by atoms with Gasteiger partial charge in [-0.1, -0.05) is 39.7 Å². The van der Waals surface area contributed by atoms with Gasteiger partial charge < -0.3 is 4.74 Å². The van der Waals surface area contributed by atoms with Crippen molar-refractivity contribution < 1.29 is 4.74 Å². The molecule has 0 heterocycles. The van der Waals surface area contributed by atoms with Crippen LogP contribution in [0.25, 0.3) is 0 Å². The minimum atomic E-state index is 0.531. The van der Waals surface area contributed by atoms with Crippen LogP contribution in [0, 0.1) is 6.92 Å². The Bertz CT molecular complexity index is 525. The molecule has 0 amide bonds. The summed E-state index contributed by atoms with van der Waals surface area (Å²) in [6, 6.07) is 13.7. The number of benzene rings is 2. The van der Waals surface area contributed by atoms with Crippen molar-refractivity contribution in [2.45, 2.75) is 13.5 Å². The van der Waals surface area contributed by atoms with Crippen LogP contribution in [0.2, 0.25) is 5.02 Å². The van der Waals surface area contributed by atoms with Crippen molar-refractivity contribution in [2.75, 3.05) is 0 Å². The van der Waals surface area contributed by atoms with Gasteiger partial charge in [0.1, 0.15) is 12.4 Å². The van der Waals surface area contributed by atoms with Crippen molar-refractivity contribution in [1.29, 1.82) is 0 Å². The van der Waals surface area contributed by atoms with Crippen molar-refractivity contribution in [3.8, 4) is 5.75 Å². The van der Waals surface area contributed by atoms with Crippen LogP contribution in [0.3, 0.4) is 0 Å². The number of aryl methyl sites for hydroxylation is 1. The van der Waals surface area contributed by atoms with Gasteiger partial charge in [0.25, 0.3) is 0 Å². The summed E-state index contributed by atoms with van der Waals surface area (Å²) in [5.74, 6) is 0.896. The predicted octanol–water partition coefficient (Wildman–Crippen LogP) is 4.99. The van der Waals surface area contributed by atoms with E-state index in [4.69, 9.17) is 16.3 Å². The third-order valence-electron chi connectivity index (χ3n) is 2.42. The Kier molecular flexibility index (Phi) is 4.08. The minimum absolute atomic E-state index is 0.531. The molecular formula is C14H12BrClO. The Morgan fingerprint density at radius 2 is 2.00 bits per heavy atom. The largest absolute Gasteiger partial charge is 0.489 e. The first-order valence-corrected chi connectivity index (χ1v) is 6.45. The molecular weight excluding hydrogens is 300 g/mol. The molecule has 17 heavy (non-hydrogen) atoms. The van der Waals surface area contributed by atoms with Crippen LogP contribution in [0.5, 0.6) is 5.75 Å². The standard InChI is InChI=1S/C14H12BrClO/c1-10-7-12(15)5-6-14(10)17-9-11-3-2-4-13(16)8-11/h2-8H,9H2,1H3. The highest BCUT2D eigenvalue weighted by molar-refractivity contribution is 9.10. The lowest BCUT2D eigenvalue weighted by Crippen LogP contribution is -1.96. The van der Waals surface area contributed by atoms with Gasteiger partial charge in [-0.25, -0.2) is 0 Å². The van der Waals surface area contributed by atoms with E-state index in [2.05, 4.69) is 15.9 Å². The van der Waals surface area contributed by atoms with E-state index in [9.17, 15) is 0 Å². The Hall–Kier alpha value is -0.990. The zero-order chi connectivity index (χ0) is 12.3. The molecule has 88 valence electrons. The second kappa shape index (κ2) is 5.56. The second-order valence-electron chi connectivity index (χ2n) is 3.83. The fourth-order valence-corrected chi connectivity index (χ4v) is 2.25. The lowest BCUT2D eigenvalue weighted by Gasteiger charge is -2.09. The number of halogens is 2. The second-order valence-corrected chi connectivity index (χ2v) is 5.18. The molecule has 0 atom stereocenters. The first-order chi connectivity index (χ1) is 8.15. The molecule has 0 aliphatic carbocycles. The van der Waals surface area contributed by atoms with Crippen LogP contribution in [-0.2, 0) is 6.61 Å². The molecule has 0 saturated heterocycles. The Morgan fingerprint density at radius 1 is 1.18 bits per heavy atom. The molecule has 0 saturated carbocycles.